The summed E-state index contributed by atoms with van der Waals surface area (Å²) in [5, 5.41) is 2.83. The maximum atomic E-state index is 11.7. The highest BCUT2D eigenvalue weighted by Gasteiger charge is 2.12. The van der Waals surface area contributed by atoms with Crippen LogP contribution in [0.25, 0.3) is 0 Å². The summed E-state index contributed by atoms with van der Waals surface area (Å²) in [5.41, 5.74) is 7.72. The van der Waals surface area contributed by atoms with Crippen LogP contribution in [0.5, 0.6) is 0 Å². The first-order valence-corrected chi connectivity index (χ1v) is 7.14. The van der Waals surface area contributed by atoms with Crippen LogP contribution in [0.1, 0.15) is 18.9 Å². The number of nitrogens with two attached hydrogens (primary N) is 1. The number of anilines is 1. The molecule has 1 amide bonds. The Bertz CT molecular complexity index is 427. The zero-order valence-corrected chi connectivity index (χ0v) is 12.0. The van der Waals surface area contributed by atoms with Crippen molar-refractivity contribution in [1.82, 2.24) is 4.90 Å². The van der Waals surface area contributed by atoms with Crippen molar-refractivity contribution in [2.75, 3.05) is 31.6 Å². The molecular formula is C15H23N3O2. The van der Waals surface area contributed by atoms with Crippen LogP contribution in [0.4, 0.5) is 5.69 Å². The zero-order valence-electron chi connectivity index (χ0n) is 12.0. The predicted octanol–water partition coefficient (Wildman–Crippen LogP) is 1.19. The Balaban J connectivity index is 1.87. The smallest absolute Gasteiger partial charge is 0.241 e. The van der Waals surface area contributed by atoms with Crippen LogP contribution >= 0.6 is 0 Å². The van der Waals surface area contributed by atoms with Crippen molar-refractivity contribution in [2.45, 2.75) is 25.9 Å². The van der Waals surface area contributed by atoms with Crippen molar-refractivity contribution >= 4 is 11.6 Å². The Morgan fingerprint density at radius 2 is 2.00 bits per heavy atom. The molecule has 1 saturated heterocycles. The Morgan fingerprint density at radius 3 is 2.60 bits per heavy atom. The number of morpholine rings is 1. The highest BCUT2D eigenvalue weighted by Crippen LogP contribution is 2.12. The second-order valence-electron chi connectivity index (χ2n) is 5.09. The molecule has 5 nitrogen and oxygen atoms in total. The average molecular weight is 277 g/mol. The van der Waals surface area contributed by atoms with Gasteiger partial charge in [0.1, 0.15) is 0 Å². The quantitative estimate of drug-likeness (QED) is 0.848. The lowest BCUT2D eigenvalue weighted by Crippen LogP contribution is -2.35. The van der Waals surface area contributed by atoms with Gasteiger partial charge in [-0.25, -0.2) is 0 Å². The molecule has 1 unspecified atom stereocenters. The first-order chi connectivity index (χ1) is 9.69. The van der Waals surface area contributed by atoms with Gasteiger partial charge in [-0.05, 0) is 24.1 Å². The van der Waals surface area contributed by atoms with E-state index in [9.17, 15) is 4.79 Å². The molecule has 0 aromatic heterocycles. The largest absolute Gasteiger partial charge is 0.379 e. The number of hydrogen-bond acceptors (Lipinski definition) is 4. The number of rotatable bonds is 5. The standard InChI is InChI=1S/C15H23N3O2/c1-2-14(16)15(19)17-13-5-3-12(4-6-13)11-18-7-9-20-10-8-18/h3-6,14H,2,7-11,16H2,1H3,(H,17,19). The number of nitrogens with zero attached hydrogens (tertiary/aromatic N) is 1. The molecule has 0 spiro atoms. The van der Waals surface area contributed by atoms with Crippen molar-refractivity contribution in [3.63, 3.8) is 0 Å². The molecular weight excluding hydrogens is 254 g/mol. The van der Waals surface area contributed by atoms with Crippen LogP contribution in [0.3, 0.4) is 0 Å². The summed E-state index contributed by atoms with van der Waals surface area (Å²) in [7, 11) is 0. The van der Waals surface area contributed by atoms with Crippen LogP contribution in [0.15, 0.2) is 24.3 Å². The number of carbonyl (C=O) groups excluding carboxylic acids is 1. The fourth-order valence-corrected chi connectivity index (χ4v) is 2.13. The van der Waals surface area contributed by atoms with E-state index in [1.165, 1.54) is 5.56 Å². The van der Waals surface area contributed by atoms with Gasteiger partial charge in [0.25, 0.3) is 0 Å². The number of ether oxygens (including phenoxy) is 1. The van der Waals surface area contributed by atoms with Crippen LogP contribution in [-0.4, -0.2) is 43.2 Å². The van der Waals surface area contributed by atoms with Crippen molar-refractivity contribution in [2.24, 2.45) is 5.73 Å². The summed E-state index contributed by atoms with van der Waals surface area (Å²) >= 11 is 0. The Hall–Kier alpha value is -1.43. The van der Waals surface area contributed by atoms with Crippen molar-refractivity contribution < 1.29 is 9.53 Å². The SMILES string of the molecule is CCC(N)C(=O)Nc1ccc(CN2CCOCC2)cc1. The van der Waals surface area contributed by atoms with Crippen LogP contribution in [0.2, 0.25) is 0 Å². The first-order valence-electron chi connectivity index (χ1n) is 7.14. The Morgan fingerprint density at radius 1 is 1.35 bits per heavy atom. The molecule has 0 bridgehead atoms. The Kier molecular flexibility index (Phi) is 5.52. The molecule has 0 aliphatic carbocycles. The Labute approximate surface area is 120 Å². The molecule has 20 heavy (non-hydrogen) atoms. The molecule has 1 heterocycles. The first kappa shape index (κ1) is 15.0. The molecule has 110 valence electrons. The minimum absolute atomic E-state index is 0.131. The lowest BCUT2D eigenvalue weighted by Gasteiger charge is -2.26. The third-order valence-electron chi connectivity index (χ3n) is 3.51. The van der Waals surface area contributed by atoms with Gasteiger partial charge in [0.05, 0.1) is 19.3 Å². The molecule has 0 radical (unpaired) electrons. The van der Waals surface area contributed by atoms with E-state index in [0.29, 0.717) is 6.42 Å². The van der Waals surface area contributed by atoms with Gasteiger partial charge in [0, 0.05) is 25.3 Å². The molecule has 1 aliphatic heterocycles. The summed E-state index contributed by atoms with van der Waals surface area (Å²) in [6.07, 6.45) is 0.640. The van der Waals surface area contributed by atoms with E-state index >= 15 is 0 Å². The van der Waals surface area contributed by atoms with Crippen LogP contribution in [-0.2, 0) is 16.1 Å². The van der Waals surface area contributed by atoms with Gasteiger partial charge >= 0.3 is 0 Å². The zero-order chi connectivity index (χ0) is 14.4. The summed E-state index contributed by atoms with van der Waals surface area (Å²) in [6.45, 7) is 6.39. The van der Waals surface area contributed by atoms with Gasteiger partial charge < -0.3 is 15.8 Å². The van der Waals surface area contributed by atoms with E-state index in [1.807, 2.05) is 31.2 Å². The maximum Gasteiger partial charge on any atom is 0.241 e. The molecule has 1 aliphatic rings. The lowest BCUT2D eigenvalue weighted by molar-refractivity contribution is -0.117. The van der Waals surface area contributed by atoms with Gasteiger partial charge in [-0.3, -0.25) is 9.69 Å². The maximum absolute atomic E-state index is 11.7. The molecule has 1 atom stereocenters. The normalized spacial score (nSPS) is 17.7. The molecule has 1 aromatic rings. The minimum Gasteiger partial charge on any atom is -0.379 e. The summed E-state index contributed by atoms with van der Waals surface area (Å²) in [4.78, 5) is 14.1. The third kappa shape index (κ3) is 4.30. The monoisotopic (exact) mass is 277 g/mol. The molecule has 5 heteroatoms. The van der Waals surface area contributed by atoms with E-state index in [-0.39, 0.29) is 5.91 Å². The van der Waals surface area contributed by atoms with Gasteiger partial charge in [-0.15, -0.1) is 0 Å². The van der Waals surface area contributed by atoms with E-state index < -0.39 is 6.04 Å². The molecule has 1 fully saturated rings. The number of hydrogen-bond donors (Lipinski definition) is 2. The molecule has 3 N–H and O–H groups in total. The third-order valence-corrected chi connectivity index (χ3v) is 3.51. The van der Waals surface area contributed by atoms with Gasteiger partial charge in [0.2, 0.25) is 5.91 Å². The molecule has 0 saturated carbocycles. The van der Waals surface area contributed by atoms with E-state index in [4.69, 9.17) is 10.5 Å². The number of amides is 1. The topological polar surface area (TPSA) is 67.6 Å². The summed E-state index contributed by atoms with van der Waals surface area (Å²) < 4.78 is 5.33. The number of benzene rings is 1. The second kappa shape index (κ2) is 7.38. The van der Waals surface area contributed by atoms with Gasteiger partial charge in [-0.1, -0.05) is 19.1 Å². The second-order valence-corrected chi connectivity index (χ2v) is 5.09. The van der Waals surface area contributed by atoms with Crippen LogP contribution in [0, 0.1) is 0 Å². The average Bonchev–Trinajstić information content (AvgIpc) is 2.49. The summed E-state index contributed by atoms with van der Waals surface area (Å²) in [6, 6.07) is 7.50. The van der Waals surface area contributed by atoms with Gasteiger partial charge in [0.15, 0.2) is 0 Å². The van der Waals surface area contributed by atoms with Gasteiger partial charge in [-0.2, -0.15) is 0 Å². The predicted molar refractivity (Wildman–Crippen MR) is 79.4 cm³/mol. The number of nitrogens with one attached hydrogen (secondary N) is 1. The molecule has 1 aromatic carbocycles. The fraction of sp³-hybridized carbons (Fsp3) is 0.533. The van der Waals surface area contributed by atoms with Crippen molar-refractivity contribution in [3.05, 3.63) is 29.8 Å². The van der Waals surface area contributed by atoms with E-state index in [0.717, 1.165) is 38.5 Å². The summed E-state index contributed by atoms with van der Waals surface area (Å²) in [5.74, 6) is -0.131. The minimum atomic E-state index is -0.442. The van der Waals surface area contributed by atoms with Crippen molar-refractivity contribution in [1.29, 1.82) is 0 Å². The van der Waals surface area contributed by atoms with E-state index in [1.54, 1.807) is 0 Å². The number of carbonyl (C=O) groups is 1. The molecule has 2 rings (SSSR count). The fourth-order valence-electron chi connectivity index (χ4n) is 2.13. The van der Waals surface area contributed by atoms with E-state index in [2.05, 4.69) is 10.2 Å². The highest BCUT2D eigenvalue weighted by molar-refractivity contribution is 5.94. The lowest BCUT2D eigenvalue weighted by atomic mass is 10.1. The highest BCUT2D eigenvalue weighted by atomic mass is 16.5. The van der Waals surface area contributed by atoms with Crippen LogP contribution < -0.4 is 11.1 Å². The van der Waals surface area contributed by atoms with Crippen molar-refractivity contribution in [3.8, 4) is 0 Å².